The Morgan fingerprint density at radius 2 is 1.88 bits per heavy atom. The van der Waals surface area contributed by atoms with E-state index in [1.807, 2.05) is 36.4 Å². The lowest BCUT2D eigenvalue weighted by Crippen LogP contribution is -2.33. The van der Waals surface area contributed by atoms with Gasteiger partial charge in [0.05, 0.1) is 0 Å². The first kappa shape index (κ1) is 17.2. The van der Waals surface area contributed by atoms with Gasteiger partial charge in [0.15, 0.2) is 10.9 Å². The molecule has 0 aliphatic rings. The number of carbonyl (C=O) groups excluding carboxylic acids is 1. The van der Waals surface area contributed by atoms with Crippen LogP contribution in [0.25, 0.3) is 11.0 Å². The van der Waals surface area contributed by atoms with Gasteiger partial charge in [0.1, 0.15) is 5.58 Å². The van der Waals surface area contributed by atoms with Crippen molar-refractivity contribution in [3.63, 3.8) is 0 Å². The van der Waals surface area contributed by atoms with E-state index in [0.717, 1.165) is 17.5 Å². The number of carbonyl (C=O) groups is 1. The van der Waals surface area contributed by atoms with E-state index in [1.165, 1.54) is 5.56 Å². The molecule has 0 saturated carbocycles. The Morgan fingerprint density at radius 3 is 2.56 bits per heavy atom. The highest BCUT2D eigenvalue weighted by Gasteiger charge is 2.13. The van der Waals surface area contributed by atoms with Crippen LogP contribution in [0, 0.1) is 0 Å². The summed E-state index contributed by atoms with van der Waals surface area (Å²) in [5.41, 5.74) is 2.79. The lowest BCUT2D eigenvalue weighted by Gasteiger charge is -2.11. The van der Waals surface area contributed by atoms with Gasteiger partial charge in [0.25, 0.3) is 5.91 Å². The van der Waals surface area contributed by atoms with Gasteiger partial charge in [-0.3, -0.25) is 10.1 Å². The lowest BCUT2D eigenvalue weighted by atomic mass is 9.99. The van der Waals surface area contributed by atoms with E-state index in [-0.39, 0.29) is 16.8 Å². The van der Waals surface area contributed by atoms with E-state index in [0.29, 0.717) is 11.5 Å². The fourth-order valence-corrected chi connectivity index (χ4v) is 2.76. The van der Waals surface area contributed by atoms with Gasteiger partial charge in [-0.25, -0.2) is 0 Å². The molecule has 1 amide bonds. The molecule has 0 saturated heterocycles. The van der Waals surface area contributed by atoms with E-state index < -0.39 is 0 Å². The van der Waals surface area contributed by atoms with E-state index in [2.05, 4.69) is 36.6 Å². The summed E-state index contributed by atoms with van der Waals surface area (Å²) >= 11 is 5.22. The third-order valence-electron chi connectivity index (χ3n) is 4.23. The van der Waals surface area contributed by atoms with Crippen LogP contribution in [0.15, 0.2) is 59.0 Å². The molecule has 25 heavy (non-hydrogen) atoms. The maximum atomic E-state index is 12.3. The SMILES string of the molecule is CC[C@H](C)c1ccc(NC(=S)NC(=O)c2cc3ccccc3o2)cc1. The smallest absolute Gasteiger partial charge is 0.293 e. The molecule has 4 nitrogen and oxygen atoms in total. The number of hydrogen-bond donors (Lipinski definition) is 2. The Morgan fingerprint density at radius 1 is 1.16 bits per heavy atom. The number of benzene rings is 2. The molecule has 128 valence electrons. The second-order valence-electron chi connectivity index (χ2n) is 5.99. The summed E-state index contributed by atoms with van der Waals surface area (Å²) < 4.78 is 5.54. The van der Waals surface area contributed by atoms with E-state index in [1.54, 1.807) is 6.07 Å². The average molecular weight is 352 g/mol. The van der Waals surface area contributed by atoms with Gasteiger partial charge in [-0.1, -0.05) is 44.2 Å². The molecule has 2 aromatic carbocycles. The number of amides is 1. The van der Waals surface area contributed by atoms with Crippen LogP contribution in [0.1, 0.15) is 42.3 Å². The second-order valence-corrected chi connectivity index (χ2v) is 6.40. The van der Waals surface area contributed by atoms with Gasteiger partial charge in [-0.05, 0) is 54.4 Å². The van der Waals surface area contributed by atoms with Gasteiger partial charge in [0, 0.05) is 11.1 Å². The third-order valence-corrected chi connectivity index (χ3v) is 4.43. The topological polar surface area (TPSA) is 54.3 Å². The number of hydrogen-bond acceptors (Lipinski definition) is 3. The molecule has 0 spiro atoms. The fourth-order valence-electron chi connectivity index (χ4n) is 2.55. The summed E-state index contributed by atoms with van der Waals surface area (Å²) in [6, 6.07) is 17.2. The van der Waals surface area contributed by atoms with Crippen molar-refractivity contribution in [3.05, 3.63) is 65.9 Å². The minimum absolute atomic E-state index is 0.234. The Hall–Kier alpha value is -2.66. The summed E-state index contributed by atoms with van der Waals surface area (Å²) in [5.74, 6) is 0.385. The zero-order valence-electron chi connectivity index (χ0n) is 14.2. The number of furan rings is 1. The lowest BCUT2D eigenvalue weighted by molar-refractivity contribution is 0.0953. The molecule has 0 bridgehead atoms. The van der Waals surface area contributed by atoms with Gasteiger partial charge in [-0.15, -0.1) is 0 Å². The molecule has 0 aliphatic heterocycles. The first-order chi connectivity index (χ1) is 12.1. The molecule has 2 N–H and O–H groups in total. The first-order valence-electron chi connectivity index (χ1n) is 8.27. The first-order valence-corrected chi connectivity index (χ1v) is 8.68. The molecule has 0 radical (unpaired) electrons. The van der Waals surface area contributed by atoms with Crippen LogP contribution >= 0.6 is 12.2 Å². The normalized spacial score (nSPS) is 11.9. The summed E-state index contributed by atoms with van der Waals surface area (Å²) in [4.78, 5) is 12.3. The van der Waals surface area contributed by atoms with Crippen LogP contribution in [0.3, 0.4) is 0 Å². The van der Waals surface area contributed by atoms with E-state index >= 15 is 0 Å². The molecule has 5 heteroatoms. The van der Waals surface area contributed by atoms with Gasteiger partial charge >= 0.3 is 0 Å². The Bertz CT molecular complexity index is 866. The highest BCUT2D eigenvalue weighted by Crippen LogP contribution is 2.21. The summed E-state index contributed by atoms with van der Waals surface area (Å²) in [7, 11) is 0. The molecule has 0 aliphatic carbocycles. The van der Waals surface area contributed by atoms with Gasteiger partial charge in [-0.2, -0.15) is 0 Å². The maximum Gasteiger partial charge on any atom is 0.293 e. The van der Waals surface area contributed by atoms with Crippen molar-refractivity contribution < 1.29 is 9.21 Å². The number of para-hydroxylation sites is 1. The van der Waals surface area contributed by atoms with Gasteiger partial charge < -0.3 is 9.73 Å². The zero-order chi connectivity index (χ0) is 17.8. The van der Waals surface area contributed by atoms with Crippen molar-refractivity contribution >= 4 is 39.9 Å². The molecule has 3 aromatic rings. The minimum Gasteiger partial charge on any atom is -0.451 e. The molecular formula is C20H20N2O2S. The highest BCUT2D eigenvalue weighted by atomic mass is 32.1. The van der Waals surface area contributed by atoms with E-state index in [9.17, 15) is 4.79 Å². The monoisotopic (exact) mass is 352 g/mol. The highest BCUT2D eigenvalue weighted by molar-refractivity contribution is 7.80. The molecular weight excluding hydrogens is 332 g/mol. The number of nitrogens with one attached hydrogen (secondary N) is 2. The van der Waals surface area contributed by atoms with Crippen molar-refractivity contribution in [2.45, 2.75) is 26.2 Å². The minimum atomic E-state index is -0.370. The standard InChI is InChI=1S/C20H20N2O2S/c1-3-13(2)14-8-10-16(11-9-14)21-20(25)22-19(23)18-12-15-6-4-5-7-17(15)24-18/h4-13H,3H2,1-2H3,(H2,21,22,23,25)/t13-/m0/s1. The fraction of sp³-hybridized carbons (Fsp3) is 0.200. The van der Waals surface area contributed by atoms with Crippen LogP contribution in [-0.4, -0.2) is 11.0 Å². The van der Waals surface area contributed by atoms with Crippen LogP contribution in [0.2, 0.25) is 0 Å². The number of thiocarbonyl (C=S) groups is 1. The number of anilines is 1. The quantitative estimate of drug-likeness (QED) is 0.644. The average Bonchev–Trinajstić information content (AvgIpc) is 3.06. The van der Waals surface area contributed by atoms with Crippen molar-refractivity contribution in [3.8, 4) is 0 Å². The second kappa shape index (κ2) is 7.49. The van der Waals surface area contributed by atoms with Crippen LogP contribution < -0.4 is 10.6 Å². The molecule has 1 aromatic heterocycles. The summed E-state index contributed by atoms with van der Waals surface area (Å²) in [5, 5.41) is 6.78. The summed E-state index contributed by atoms with van der Waals surface area (Å²) in [6.45, 7) is 4.36. The van der Waals surface area contributed by atoms with Crippen molar-refractivity contribution in [1.82, 2.24) is 5.32 Å². The van der Waals surface area contributed by atoms with Crippen molar-refractivity contribution in [2.24, 2.45) is 0 Å². The molecule has 0 fully saturated rings. The van der Waals surface area contributed by atoms with Gasteiger partial charge in [0.2, 0.25) is 0 Å². The van der Waals surface area contributed by atoms with Crippen molar-refractivity contribution in [1.29, 1.82) is 0 Å². The molecule has 3 rings (SSSR count). The van der Waals surface area contributed by atoms with Crippen molar-refractivity contribution in [2.75, 3.05) is 5.32 Å². The predicted octanol–water partition coefficient (Wildman–Crippen LogP) is 5.07. The molecule has 0 unspecified atom stereocenters. The number of fused-ring (bicyclic) bond motifs is 1. The van der Waals surface area contributed by atoms with Crippen LogP contribution in [0.5, 0.6) is 0 Å². The molecule has 1 heterocycles. The Labute approximate surface area is 152 Å². The van der Waals surface area contributed by atoms with E-state index in [4.69, 9.17) is 16.6 Å². The summed E-state index contributed by atoms with van der Waals surface area (Å²) in [6.07, 6.45) is 1.10. The zero-order valence-corrected chi connectivity index (χ0v) is 15.0. The van der Waals surface area contributed by atoms with Crippen LogP contribution in [0.4, 0.5) is 5.69 Å². The Balaban J connectivity index is 1.62. The Kier molecular flexibility index (Phi) is 5.14. The molecule has 1 atom stereocenters. The number of rotatable bonds is 4. The predicted molar refractivity (Wildman–Crippen MR) is 105 cm³/mol. The van der Waals surface area contributed by atoms with Crippen LogP contribution in [-0.2, 0) is 0 Å². The maximum absolute atomic E-state index is 12.3. The third kappa shape index (κ3) is 4.06. The largest absolute Gasteiger partial charge is 0.451 e.